The van der Waals surface area contributed by atoms with E-state index in [4.69, 9.17) is 10.1 Å². The van der Waals surface area contributed by atoms with Crippen molar-refractivity contribution in [1.82, 2.24) is 24.6 Å². The van der Waals surface area contributed by atoms with E-state index < -0.39 is 0 Å². The number of hydrogen-bond donors (Lipinski definition) is 2. The molecule has 26 heavy (non-hydrogen) atoms. The standard InChI is InChI=1S/C19H28N6O/c1-14-22-17-16(18(23-14)20-7-9-26)4-6-19(17)5-3-8-25(13-19)12-15-10-21-24(2)11-15/h10-11,26H,3-9,12-13H2,1-2H3,(H,20,22,23). The summed E-state index contributed by atoms with van der Waals surface area (Å²) < 4.78 is 1.87. The normalized spacial score (nSPS) is 22.7. The van der Waals surface area contributed by atoms with Crippen LogP contribution in [0.15, 0.2) is 12.4 Å². The summed E-state index contributed by atoms with van der Waals surface area (Å²) in [6.45, 7) is 5.73. The summed E-state index contributed by atoms with van der Waals surface area (Å²) in [7, 11) is 1.97. The average molecular weight is 356 g/mol. The topological polar surface area (TPSA) is 79.1 Å². The van der Waals surface area contributed by atoms with Crippen LogP contribution >= 0.6 is 0 Å². The molecule has 7 heteroatoms. The van der Waals surface area contributed by atoms with Gasteiger partial charge in [0.05, 0.1) is 18.5 Å². The van der Waals surface area contributed by atoms with Crippen molar-refractivity contribution in [2.45, 2.75) is 44.6 Å². The number of aliphatic hydroxyl groups is 1. The number of aryl methyl sites for hydroxylation is 2. The van der Waals surface area contributed by atoms with Crippen LogP contribution in [-0.4, -0.2) is 56.0 Å². The number of fused-ring (bicyclic) bond motifs is 2. The van der Waals surface area contributed by atoms with E-state index in [1.807, 2.05) is 24.9 Å². The van der Waals surface area contributed by atoms with Gasteiger partial charge >= 0.3 is 0 Å². The molecule has 0 aromatic carbocycles. The maximum absolute atomic E-state index is 9.14. The number of nitrogens with zero attached hydrogens (tertiary/aromatic N) is 5. The third kappa shape index (κ3) is 3.21. The Morgan fingerprint density at radius 2 is 2.19 bits per heavy atom. The molecule has 2 aromatic rings. The minimum absolute atomic E-state index is 0.113. The fourth-order valence-corrected chi connectivity index (χ4v) is 4.65. The van der Waals surface area contributed by atoms with Crippen molar-refractivity contribution in [2.24, 2.45) is 7.05 Å². The van der Waals surface area contributed by atoms with Gasteiger partial charge in [-0.15, -0.1) is 0 Å². The van der Waals surface area contributed by atoms with Gasteiger partial charge in [-0.3, -0.25) is 9.58 Å². The summed E-state index contributed by atoms with van der Waals surface area (Å²) in [5.74, 6) is 1.73. The molecule has 3 heterocycles. The Morgan fingerprint density at radius 3 is 2.96 bits per heavy atom. The van der Waals surface area contributed by atoms with Crippen LogP contribution in [0, 0.1) is 6.92 Å². The van der Waals surface area contributed by atoms with Gasteiger partial charge in [0.25, 0.3) is 0 Å². The highest BCUT2D eigenvalue weighted by Crippen LogP contribution is 2.46. The van der Waals surface area contributed by atoms with E-state index >= 15 is 0 Å². The fraction of sp³-hybridized carbons (Fsp3) is 0.632. The lowest BCUT2D eigenvalue weighted by Crippen LogP contribution is -2.45. The Kier molecular flexibility index (Phi) is 4.67. The quantitative estimate of drug-likeness (QED) is 0.843. The summed E-state index contributed by atoms with van der Waals surface area (Å²) in [6, 6.07) is 0. The number of rotatable bonds is 5. The van der Waals surface area contributed by atoms with Crippen molar-refractivity contribution in [3.8, 4) is 0 Å². The molecule has 2 aromatic heterocycles. The highest BCUT2D eigenvalue weighted by molar-refractivity contribution is 5.52. The Bertz CT molecular complexity index is 788. The molecule has 1 aliphatic heterocycles. The van der Waals surface area contributed by atoms with E-state index in [0.717, 1.165) is 44.1 Å². The Morgan fingerprint density at radius 1 is 1.31 bits per heavy atom. The van der Waals surface area contributed by atoms with Gasteiger partial charge in [0.15, 0.2) is 0 Å². The van der Waals surface area contributed by atoms with E-state index in [2.05, 4.69) is 26.5 Å². The van der Waals surface area contributed by atoms with Crippen LogP contribution in [0.1, 0.15) is 41.9 Å². The van der Waals surface area contributed by atoms with E-state index in [1.165, 1.54) is 29.7 Å². The second-order valence-corrected chi connectivity index (χ2v) is 7.71. The number of piperidine rings is 1. The lowest BCUT2D eigenvalue weighted by atomic mass is 9.77. The first-order valence-electron chi connectivity index (χ1n) is 9.52. The maximum atomic E-state index is 9.14. The largest absolute Gasteiger partial charge is 0.395 e. The van der Waals surface area contributed by atoms with Crippen molar-refractivity contribution in [2.75, 3.05) is 31.6 Å². The zero-order valence-electron chi connectivity index (χ0n) is 15.7. The van der Waals surface area contributed by atoms with Crippen LogP contribution in [0.4, 0.5) is 5.82 Å². The van der Waals surface area contributed by atoms with Gasteiger partial charge in [-0.1, -0.05) is 0 Å². The fourth-order valence-electron chi connectivity index (χ4n) is 4.65. The minimum atomic E-state index is 0.113. The zero-order valence-corrected chi connectivity index (χ0v) is 15.7. The number of nitrogens with one attached hydrogen (secondary N) is 1. The Labute approximate surface area is 154 Å². The van der Waals surface area contributed by atoms with Crippen molar-refractivity contribution in [3.05, 3.63) is 35.0 Å². The van der Waals surface area contributed by atoms with E-state index in [9.17, 15) is 0 Å². The monoisotopic (exact) mass is 356 g/mol. The number of anilines is 1. The number of aromatic nitrogens is 4. The molecular formula is C19H28N6O. The van der Waals surface area contributed by atoms with Gasteiger partial charge in [-0.25, -0.2) is 9.97 Å². The molecule has 140 valence electrons. The van der Waals surface area contributed by atoms with Crippen LogP contribution in [0.3, 0.4) is 0 Å². The highest BCUT2D eigenvalue weighted by atomic mass is 16.3. The smallest absolute Gasteiger partial charge is 0.133 e. The van der Waals surface area contributed by atoms with Gasteiger partial charge in [0.2, 0.25) is 0 Å². The van der Waals surface area contributed by atoms with Gasteiger partial charge in [-0.2, -0.15) is 5.10 Å². The summed E-state index contributed by atoms with van der Waals surface area (Å²) in [5, 5.41) is 16.7. The molecule has 2 aliphatic rings. The molecule has 0 bridgehead atoms. The summed E-state index contributed by atoms with van der Waals surface area (Å²) in [6.07, 6.45) is 8.61. The first kappa shape index (κ1) is 17.4. The molecule has 0 saturated carbocycles. The third-order valence-corrected chi connectivity index (χ3v) is 5.70. The molecule has 1 spiro atoms. The van der Waals surface area contributed by atoms with Crippen molar-refractivity contribution in [3.63, 3.8) is 0 Å². The first-order chi connectivity index (χ1) is 12.6. The predicted octanol–water partition coefficient (Wildman–Crippen LogP) is 1.40. The summed E-state index contributed by atoms with van der Waals surface area (Å²) >= 11 is 0. The predicted molar refractivity (Wildman–Crippen MR) is 100 cm³/mol. The molecule has 1 saturated heterocycles. The van der Waals surface area contributed by atoms with Crippen LogP contribution in [0.5, 0.6) is 0 Å². The van der Waals surface area contributed by atoms with Gasteiger partial charge < -0.3 is 10.4 Å². The average Bonchev–Trinajstić information content (AvgIpc) is 3.17. The summed E-state index contributed by atoms with van der Waals surface area (Å²) in [5.41, 5.74) is 3.90. The van der Waals surface area contributed by atoms with Crippen LogP contribution in [0.25, 0.3) is 0 Å². The van der Waals surface area contributed by atoms with Crippen molar-refractivity contribution in [1.29, 1.82) is 0 Å². The van der Waals surface area contributed by atoms with Crippen LogP contribution < -0.4 is 5.32 Å². The van der Waals surface area contributed by atoms with Gasteiger partial charge in [0.1, 0.15) is 11.6 Å². The maximum Gasteiger partial charge on any atom is 0.133 e. The number of likely N-dealkylation sites (tertiary alicyclic amines) is 1. The lowest BCUT2D eigenvalue weighted by Gasteiger charge is -2.40. The highest BCUT2D eigenvalue weighted by Gasteiger charge is 2.44. The minimum Gasteiger partial charge on any atom is -0.395 e. The van der Waals surface area contributed by atoms with Crippen molar-refractivity contribution < 1.29 is 5.11 Å². The molecule has 1 atom stereocenters. The van der Waals surface area contributed by atoms with Crippen molar-refractivity contribution >= 4 is 5.82 Å². The molecule has 1 fully saturated rings. The zero-order chi connectivity index (χ0) is 18.1. The Balaban J connectivity index is 1.59. The van der Waals surface area contributed by atoms with E-state index in [0.29, 0.717) is 6.54 Å². The lowest BCUT2D eigenvalue weighted by molar-refractivity contribution is 0.136. The molecular weight excluding hydrogens is 328 g/mol. The molecule has 0 radical (unpaired) electrons. The molecule has 2 N–H and O–H groups in total. The third-order valence-electron chi connectivity index (χ3n) is 5.70. The van der Waals surface area contributed by atoms with Crippen LogP contribution in [-0.2, 0) is 25.4 Å². The molecule has 1 unspecified atom stereocenters. The second kappa shape index (κ2) is 6.96. The van der Waals surface area contributed by atoms with E-state index in [-0.39, 0.29) is 12.0 Å². The SMILES string of the molecule is Cc1nc(NCCO)c2c(n1)C1(CCCN(Cc3cnn(C)c3)C1)CC2. The van der Waals surface area contributed by atoms with Gasteiger partial charge in [0, 0.05) is 49.4 Å². The van der Waals surface area contributed by atoms with Gasteiger partial charge in [-0.05, 0) is 39.2 Å². The second-order valence-electron chi connectivity index (χ2n) is 7.71. The van der Waals surface area contributed by atoms with Crippen LogP contribution in [0.2, 0.25) is 0 Å². The number of aliphatic hydroxyl groups excluding tert-OH is 1. The van der Waals surface area contributed by atoms with E-state index in [1.54, 1.807) is 0 Å². The summed E-state index contributed by atoms with van der Waals surface area (Å²) in [4.78, 5) is 12.0. The Hall–Kier alpha value is -1.99. The molecule has 4 rings (SSSR count). The first-order valence-corrected chi connectivity index (χ1v) is 9.52. The molecule has 7 nitrogen and oxygen atoms in total. The molecule has 1 aliphatic carbocycles. The number of hydrogen-bond acceptors (Lipinski definition) is 6. The molecule has 0 amide bonds.